The zero-order valence-electron chi connectivity index (χ0n) is 14.6. The fourth-order valence-corrected chi connectivity index (χ4v) is 2.71. The molecule has 0 saturated heterocycles. The Bertz CT molecular complexity index is 866. The van der Waals surface area contributed by atoms with Gasteiger partial charge in [0.1, 0.15) is 5.82 Å². The number of anilines is 1. The SMILES string of the molecule is Cc1cc(CC(C)NC(=O)Nc2cccc(-c3nccn3C)c2)n[nH]1. The Balaban J connectivity index is 1.60. The van der Waals surface area contributed by atoms with Gasteiger partial charge < -0.3 is 15.2 Å². The number of urea groups is 1. The Morgan fingerprint density at radius 2 is 2.20 bits per heavy atom. The zero-order chi connectivity index (χ0) is 17.8. The highest BCUT2D eigenvalue weighted by Gasteiger charge is 2.11. The summed E-state index contributed by atoms with van der Waals surface area (Å²) in [6.45, 7) is 3.91. The van der Waals surface area contributed by atoms with Crippen molar-refractivity contribution in [2.75, 3.05) is 5.32 Å². The van der Waals surface area contributed by atoms with E-state index in [0.717, 1.165) is 28.5 Å². The maximum atomic E-state index is 12.2. The van der Waals surface area contributed by atoms with Crippen molar-refractivity contribution >= 4 is 11.7 Å². The molecular weight excluding hydrogens is 316 g/mol. The van der Waals surface area contributed by atoms with Crippen molar-refractivity contribution in [3.05, 3.63) is 54.1 Å². The summed E-state index contributed by atoms with van der Waals surface area (Å²) in [5.41, 5.74) is 3.62. The summed E-state index contributed by atoms with van der Waals surface area (Å²) in [6, 6.07) is 9.34. The Kier molecular flexibility index (Phi) is 4.83. The second-order valence-corrected chi connectivity index (χ2v) is 6.19. The van der Waals surface area contributed by atoms with Crippen LogP contribution in [-0.2, 0) is 13.5 Å². The van der Waals surface area contributed by atoms with E-state index in [-0.39, 0.29) is 12.1 Å². The van der Waals surface area contributed by atoms with Crippen molar-refractivity contribution < 1.29 is 4.79 Å². The van der Waals surface area contributed by atoms with Crippen molar-refractivity contribution in [2.45, 2.75) is 26.3 Å². The quantitative estimate of drug-likeness (QED) is 0.668. The number of imidazole rings is 1. The van der Waals surface area contributed by atoms with Crippen LogP contribution in [0.2, 0.25) is 0 Å². The summed E-state index contributed by atoms with van der Waals surface area (Å²) >= 11 is 0. The molecule has 0 saturated carbocycles. The van der Waals surface area contributed by atoms with E-state index in [0.29, 0.717) is 6.42 Å². The van der Waals surface area contributed by atoms with Crippen molar-refractivity contribution in [3.63, 3.8) is 0 Å². The molecular formula is C18H22N6O. The highest BCUT2D eigenvalue weighted by Crippen LogP contribution is 2.20. The minimum atomic E-state index is -0.239. The molecule has 1 unspecified atom stereocenters. The third kappa shape index (κ3) is 4.26. The molecule has 0 aliphatic heterocycles. The number of benzene rings is 1. The lowest BCUT2D eigenvalue weighted by Gasteiger charge is -2.14. The van der Waals surface area contributed by atoms with Crippen molar-refractivity contribution in [1.29, 1.82) is 0 Å². The van der Waals surface area contributed by atoms with Crippen LogP contribution in [-0.4, -0.2) is 31.8 Å². The van der Waals surface area contributed by atoms with Gasteiger partial charge in [-0.05, 0) is 32.0 Å². The lowest BCUT2D eigenvalue weighted by atomic mass is 10.2. The first-order valence-corrected chi connectivity index (χ1v) is 8.17. The number of aromatic amines is 1. The number of nitrogens with zero attached hydrogens (tertiary/aromatic N) is 3. The van der Waals surface area contributed by atoms with E-state index in [2.05, 4.69) is 25.8 Å². The summed E-state index contributed by atoms with van der Waals surface area (Å²) in [7, 11) is 1.94. The molecule has 0 aliphatic carbocycles. The smallest absolute Gasteiger partial charge is 0.319 e. The molecule has 0 fully saturated rings. The second kappa shape index (κ2) is 7.21. The first-order chi connectivity index (χ1) is 12.0. The van der Waals surface area contributed by atoms with E-state index in [9.17, 15) is 4.79 Å². The van der Waals surface area contributed by atoms with Gasteiger partial charge in [-0.2, -0.15) is 5.10 Å². The fourth-order valence-electron chi connectivity index (χ4n) is 2.71. The maximum Gasteiger partial charge on any atom is 0.319 e. The molecule has 1 atom stereocenters. The molecule has 2 amide bonds. The average Bonchev–Trinajstić information content (AvgIpc) is 3.15. The van der Waals surface area contributed by atoms with Gasteiger partial charge in [-0.3, -0.25) is 5.10 Å². The Labute approximate surface area is 146 Å². The van der Waals surface area contributed by atoms with Gasteiger partial charge in [-0.1, -0.05) is 12.1 Å². The molecule has 1 aromatic carbocycles. The van der Waals surface area contributed by atoms with Crippen LogP contribution in [0.3, 0.4) is 0 Å². The number of nitrogens with one attached hydrogen (secondary N) is 3. The number of aryl methyl sites for hydroxylation is 2. The zero-order valence-corrected chi connectivity index (χ0v) is 14.6. The molecule has 3 rings (SSSR count). The number of carbonyl (C=O) groups is 1. The van der Waals surface area contributed by atoms with E-state index < -0.39 is 0 Å². The number of rotatable bonds is 5. The number of carbonyl (C=O) groups excluding carboxylic acids is 1. The normalized spacial score (nSPS) is 12.0. The van der Waals surface area contributed by atoms with Gasteiger partial charge in [0.25, 0.3) is 0 Å². The van der Waals surface area contributed by atoms with Crippen LogP contribution in [0.25, 0.3) is 11.4 Å². The predicted octanol–water partition coefficient (Wildman–Crippen LogP) is 2.87. The predicted molar refractivity (Wildman–Crippen MR) is 97.3 cm³/mol. The first-order valence-electron chi connectivity index (χ1n) is 8.17. The third-order valence-electron chi connectivity index (χ3n) is 3.85. The number of H-pyrrole nitrogens is 1. The van der Waals surface area contributed by atoms with E-state index in [4.69, 9.17) is 0 Å². The standard InChI is InChI=1S/C18H22N6O/c1-12(9-16-10-13(2)22-23-16)20-18(25)21-15-6-4-5-14(11-15)17-19-7-8-24(17)3/h4-8,10-12H,9H2,1-3H3,(H,22,23)(H2,20,21,25). The molecule has 0 spiro atoms. The van der Waals surface area contributed by atoms with Crippen LogP contribution in [0.15, 0.2) is 42.7 Å². The van der Waals surface area contributed by atoms with Gasteiger partial charge in [0.05, 0.1) is 5.69 Å². The molecule has 130 valence electrons. The van der Waals surface area contributed by atoms with Gasteiger partial charge in [0.15, 0.2) is 0 Å². The van der Waals surface area contributed by atoms with Gasteiger partial charge in [-0.15, -0.1) is 0 Å². The molecule has 2 heterocycles. The lowest BCUT2D eigenvalue weighted by Crippen LogP contribution is -2.37. The van der Waals surface area contributed by atoms with E-state index in [1.54, 1.807) is 6.20 Å². The van der Waals surface area contributed by atoms with E-state index in [1.165, 1.54) is 0 Å². The largest absolute Gasteiger partial charge is 0.335 e. The topological polar surface area (TPSA) is 87.6 Å². The third-order valence-corrected chi connectivity index (χ3v) is 3.85. The Morgan fingerprint density at radius 1 is 1.36 bits per heavy atom. The number of aromatic nitrogens is 4. The monoisotopic (exact) mass is 338 g/mol. The molecule has 2 aromatic heterocycles. The van der Waals surface area contributed by atoms with Crippen LogP contribution < -0.4 is 10.6 Å². The highest BCUT2D eigenvalue weighted by molar-refractivity contribution is 5.90. The number of amides is 2. The Morgan fingerprint density at radius 3 is 2.88 bits per heavy atom. The minimum absolute atomic E-state index is 0.0274. The van der Waals surface area contributed by atoms with Gasteiger partial charge in [0, 0.05) is 48.8 Å². The van der Waals surface area contributed by atoms with Gasteiger partial charge in [-0.25, -0.2) is 9.78 Å². The van der Waals surface area contributed by atoms with Crippen LogP contribution >= 0.6 is 0 Å². The molecule has 25 heavy (non-hydrogen) atoms. The van der Waals surface area contributed by atoms with Crippen LogP contribution in [0.4, 0.5) is 10.5 Å². The summed E-state index contributed by atoms with van der Waals surface area (Å²) in [5, 5.41) is 12.9. The van der Waals surface area contributed by atoms with Crippen molar-refractivity contribution in [2.24, 2.45) is 7.05 Å². The van der Waals surface area contributed by atoms with Crippen molar-refractivity contribution in [3.8, 4) is 11.4 Å². The summed E-state index contributed by atoms with van der Waals surface area (Å²) in [6.07, 6.45) is 4.31. The molecule has 0 radical (unpaired) electrons. The maximum absolute atomic E-state index is 12.2. The first kappa shape index (κ1) is 16.8. The highest BCUT2D eigenvalue weighted by atomic mass is 16.2. The van der Waals surface area contributed by atoms with Gasteiger partial charge in [0.2, 0.25) is 0 Å². The second-order valence-electron chi connectivity index (χ2n) is 6.19. The van der Waals surface area contributed by atoms with Gasteiger partial charge >= 0.3 is 6.03 Å². The molecule has 7 heteroatoms. The van der Waals surface area contributed by atoms with Crippen LogP contribution in [0.1, 0.15) is 18.3 Å². The summed E-state index contributed by atoms with van der Waals surface area (Å²) in [5.74, 6) is 0.853. The molecule has 3 N–H and O–H groups in total. The summed E-state index contributed by atoms with van der Waals surface area (Å²) in [4.78, 5) is 16.5. The van der Waals surface area contributed by atoms with Crippen molar-refractivity contribution in [1.82, 2.24) is 25.1 Å². The summed E-state index contributed by atoms with van der Waals surface area (Å²) < 4.78 is 1.94. The fraction of sp³-hybridized carbons (Fsp3) is 0.278. The number of hydrogen-bond acceptors (Lipinski definition) is 3. The van der Waals surface area contributed by atoms with E-state index >= 15 is 0 Å². The molecule has 3 aromatic rings. The molecule has 0 bridgehead atoms. The molecule has 7 nitrogen and oxygen atoms in total. The van der Waals surface area contributed by atoms with E-state index in [1.807, 2.05) is 62.0 Å². The van der Waals surface area contributed by atoms with Crippen LogP contribution in [0, 0.1) is 6.92 Å². The average molecular weight is 338 g/mol. The number of hydrogen-bond donors (Lipinski definition) is 3. The Hall–Kier alpha value is -3.09. The minimum Gasteiger partial charge on any atom is -0.335 e. The van der Waals surface area contributed by atoms with Crippen LogP contribution in [0.5, 0.6) is 0 Å². The lowest BCUT2D eigenvalue weighted by molar-refractivity contribution is 0.249. The molecule has 0 aliphatic rings.